The van der Waals surface area contributed by atoms with Gasteiger partial charge in [-0.15, -0.1) is 0 Å². The van der Waals surface area contributed by atoms with Crippen molar-refractivity contribution in [3.63, 3.8) is 0 Å². The maximum atomic E-state index is 12.2. The van der Waals surface area contributed by atoms with Gasteiger partial charge in [-0.1, -0.05) is 28.1 Å². The predicted molar refractivity (Wildman–Crippen MR) is 72.3 cm³/mol. The number of alkyl halides is 1. The molecule has 4 heteroatoms. The molecule has 3 nitrogen and oxygen atoms in total. The van der Waals surface area contributed by atoms with Gasteiger partial charge in [0.15, 0.2) is 0 Å². The number of amides is 1. The van der Waals surface area contributed by atoms with E-state index in [1.165, 1.54) is 0 Å². The molecular weight excluding hydrogens is 282 g/mol. The monoisotopic (exact) mass is 299 g/mol. The van der Waals surface area contributed by atoms with Gasteiger partial charge in [-0.25, -0.2) is 0 Å². The molecule has 1 amide bonds. The van der Waals surface area contributed by atoms with E-state index in [0.717, 1.165) is 10.9 Å². The zero-order valence-electron chi connectivity index (χ0n) is 10.4. The lowest BCUT2D eigenvalue weighted by Gasteiger charge is -2.34. The first-order valence-corrected chi connectivity index (χ1v) is 6.58. The first-order chi connectivity index (χ1) is 7.92. The molecule has 0 aliphatic heterocycles. The Morgan fingerprint density at radius 2 is 1.88 bits per heavy atom. The quantitative estimate of drug-likeness (QED) is 0.868. The van der Waals surface area contributed by atoms with E-state index < -0.39 is 5.54 Å². The summed E-state index contributed by atoms with van der Waals surface area (Å²) in [5.41, 5.74) is 1.22. The van der Waals surface area contributed by atoms with Crippen molar-refractivity contribution in [1.29, 1.82) is 0 Å². The standard InChI is InChI=1S/C13H18BrNO2/c1-13(2,9-16)15(3)12(17)11-6-4-10(8-14)5-7-11/h4-7,16H,8-9H2,1-3H3. The number of hydrogen-bond donors (Lipinski definition) is 1. The summed E-state index contributed by atoms with van der Waals surface area (Å²) in [6, 6.07) is 7.45. The molecule has 0 bridgehead atoms. The summed E-state index contributed by atoms with van der Waals surface area (Å²) in [5, 5.41) is 10.0. The highest BCUT2D eigenvalue weighted by atomic mass is 79.9. The van der Waals surface area contributed by atoms with Crippen molar-refractivity contribution in [3.8, 4) is 0 Å². The van der Waals surface area contributed by atoms with Crippen LogP contribution in [0.2, 0.25) is 0 Å². The van der Waals surface area contributed by atoms with Crippen LogP contribution < -0.4 is 0 Å². The van der Waals surface area contributed by atoms with Gasteiger partial charge in [0.2, 0.25) is 0 Å². The summed E-state index contributed by atoms with van der Waals surface area (Å²) in [6.45, 7) is 3.60. The van der Waals surface area contributed by atoms with Crippen molar-refractivity contribution in [2.45, 2.75) is 24.7 Å². The predicted octanol–water partition coefficient (Wildman–Crippen LogP) is 2.42. The molecule has 0 aliphatic rings. The Hall–Kier alpha value is -0.870. The third kappa shape index (κ3) is 3.30. The van der Waals surface area contributed by atoms with Crippen molar-refractivity contribution in [2.75, 3.05) is 13.7 Å². The first kappa shape index (κ1) is 14.2. The van der Waals surface area contributed by atoms with Gasteiger partial charge in [0, 0.05) is 17.9 Å². The van der Waals surface area contributed by atoms with Gasteiger partial charge in [0.1, 0.15) is 0 Å². The summed E-state index contributed by atoms with van der Waals surface area (Å²) in [5.74, 6) is -0.0785. The second kappa shape index (κ2) is 5.65. The molecule has 17 heavy (non-hydrogen) atoms. The summed E-state index contributed by atoms with van der Waals surface area (Å²) in [7, 11) is 1.71. The third-order valence-electron chi connectivity index (χ3n) is 2.95. The zero-order valence-corrected chi connectivity index (χ0v) is 12.0. The van der Waals surface area contributed by atoms with Gasteiger partial charge in [0.05, 0.1) is 12.1 Å². The molecule has 0 atom stereocenters. The van der Waals surface area contributed by atoms with Crippen molar-refractivity contribution in [2.24, 2.45) is 0 Å². The number of likely N-dealkylation sites (N-methyl/N-ethyl adjacent to an activating group) is 1. The van der Waals surface area contributed by atoms with E-state index in [4.69, 9.17) is 0 Å². The van der Waals surface area contributed by atoms with Gasteiger partial charge in [0.25, 0.3) is 5.91 Å². The Morgan fingerprint density at radius 3 is 2.29 bits per heavy atom. The normalized spacial score (nSPS) is 11.4. The number of aliphatic hydroxyl groups excluding tert-OH is 1. The summed E-state index contributed by atoms with van der Waals surface area (Å²) < 4.78 is 0. The number of aliphatic hydroxyl groups is 1. The minimum absolute atomic E-state index is 0.0608. The highest BCUT2D eigenvalue weighted by Crippen LogP contribution is 2.16. The Labute approximate surface area is 111 Å². The van der Waals surface area contributed by atoms with E-state index in [1.807, 2.05) is 38.1 Å². The van der Waals surface area contributed by atoms with Crippen LogP contribution in [-0.2, 0) is 5.33 Å². The number of nitrogens with zero attached hydrogens (tertiary/aromatic N) is 1. The lowest BCUT2D eigenvalue weighted by atomic mass is 10.0. The molecule has 0 fully saturated rings. The molecule has 94 valence electrons. The molecule has 0 radical (unpaired) electrons. The molecular formula is C13H18BrNO2. The van der Waals surface area contributed by atoms with E-state index >= 15 is 0 Å². The molecule has 1 aromatic rings. The average molecular weight is 300 g/mol. The maximum Gasteiger partial charge on any atom is 0.254 e. The minimum atomic E-state index is -0.550. The fraction of sp³-hybridized carbons (Fsp3) is 0.462. The van der Waals surface area contributed by atoms with Crippen LogP contribution in [0, 0.1) is 0 Å². The topological polar surface area (TPSA) is 40.5 Å². The third-order valence-corrected chi connectivity index (χ3v) is 3.60. The van der Waals surface area contributed by atoms with Crippen molar-refractivity contribution in [1.82, 2.24) is 4.90 Å². The Bertz CT molecular complexity index is 387. The molecule has 0 saturated carbocycles. The van der Waals surface area contributed by atoms with Crippen LogP contribution in [-0.4, -0.2) is 35.1 Å². The summed E-state index contributed by atoms with van der Waals surface area (Å²) in [4.78, 5) is 13.7. The van der Waals surface area contributed by atoms with Crippen molar-refractivity contribution >= 4 is 21.8 Å². The van der Waals surface area contributed by atoms with Crippen LogP contribution in [0.25, 0.3) is 0 Å². The van der Waals surface area contributed by atoms with E-state index in [2.05, 4.69) is 15.9 Å². The van der Waals surface area contributed by atoms with Crippen LogP contribution in [0.3, 0.4) is 0 Å². The molecule has 0 spiro atoms. The maximum absolute atomic E-state index is 12.2. The molecule has 0 aromatic heterocycles. The smallest absolute Gasteiger partial charge is 0.254 e. The fourth-order valence-electron chi connectivity index (χ4n) is 1.31. The number of halogens is 1. The molecule has 0 unspecified atom stereocenters. The number of hydrogen-bond acceptors (Lipinski definition) is 2. The molecule has 1 rings (SSSR count). The van der Waals surface area contributed by atoms with Gasteiger partial charge in [-0.3, -0.25) is 4.79 Å². The summed E-state index contributed by atoms with van der Waals surface area (Å²) >= 11 is 3.36. The minimum Gasteiger partial charge on any atom is -0.394 e. The van der Waals surface area contributed by atoms with Crippen LogP contribution in [0.4, 0.5) is 0 Å². The summed E-state index contributed by atoms with van der Waals surface area (Å²) in [6.07, 6.45) is 0. The average Bonchev–Trinajstić information content (AvgIpc) is 2.37. The van der Waals surface area contributed by atoms with Crippen molar-refractivity contribution < 1.29 is 9.90 Å². The second-order valence-electron chi connectivity index (χ2n) is 4.67. The Morgan fingerprint density at radius 1 is 1.35 bits per heavy atom. The van der Waals surface area contributed by atoms with E-state index in [0.29, 0.717) is 5.56 Å². The van der Waals surface area contributed by atoms with Crippen molar-refractivity contribution in [3.05, 3.63) is 35.4 Å². The zero-order chi connectivity index (χ0) is 13.1. The molecule has 0 heterocycles. The molecule has 0 aliphatic carbocycles. The Balaban J connectivity index is 2.89. The van der Waals surface area contributed by atoms with Gasteiger partial charge in [-0.05, 0) is 31.5 Å². The van der Waals surface area contributed by atoms with E-state index in [9.17, 15) is 9.90 Å². The van der Waals surface area contributed by atoms with Crippen LogP contribution >= 0.6 is 15.9 Å². The number of benzene rings is 1. The van der Waals surface area contributed by atoms with E-state index in [1.54, 1.807) is 11.9 Å². The van der Waals surface area contributed by atoms with Crippen LogP contribution in [0.15, 0.2) is 24.3 Å². The highest BCUT2D eigenvalue weighted by Gasteiger charge is 2.27. The lowest BCUT2D eigenvalue weighted by Crippen LogP contribution is -2.47. The fourth-order valence-corrected chi connectivity index (χ4v) is 1.68. The SMILES string of the molecule is CN(C(=O)c1ccc(CBr)cc1)C(C)(C)CO. The molecule has 0 saturated heterocycles. The lowest BCUT2D eigenvalue weighted by molar-refractivity contribution is 0.0473. The largest absolute Gasteiger partial charge is 0.394 e. The van der Waals surface area contributed by atoms with Gasteiger partial charge >= 0.3 is 0 Å². The highest BCUT2D eigenvalue weighted by molar-refractivity contribution is 9.08. The first-order valence-electron chi connectivity index (χ1n) is 5.46. The van der Waals surface area contributed by atoms with Crippen LogP contribution in [0.5, 0.6) is 0 Å². The van der Waals surface area contributed by atoms with Crippen LogP contribution in [0.1, 0.15) is 29.8 Å². The number of carbonyl (C=O) groups is 1. The molecule has 1 aromatic carbocycles. The number of rotatable bonds is 4. The molecule has 1 N–H and O–H groups in total. The number of carbonyl (C=O) groups excluding carboxylic acids is 1. The Kier molecular flexibility index (Phi) is 4.71. The van der Waals surface area contributed by atoms with Gasteiger partial charge < -0.3 is 10.0 Å². The van der Waals surface area contributed by atoms with E-state index in [-0.39, 0.29) is 12.5 Å². The second-order valence-corrected chi connectivity index (χ2v) is 5.23. The van der Waals surface area contributed by atoms with Gasteiger partial charge in [-0.2, -0.15) is 0 Å².